The Labute approximate surface area is 239 Å². The third kappa shape index (κ3) is 0.595. The van der Waals surface area contributed by atoms with Crippen LogP contribution in [0.1, 0.15) is 70.4 Å². The Hall–Kier alpha value is -0.321. The minimum absolute atomic E-state index is 0.0305. The zero-order chi connectivity index (χ0) is 26.9. The monoisotopic (exact) mass is 622 g/mol. The molecule has 2 aromatic heterocycles. The molecule has 12 heterocycles. The van der Waals surface area contributed by atoms with Crippen LogP contribution < -0.4 is 0 Å². The molecule has 2 aromatic rings. The molecule has 8 unspecified atom stereocenters. The predicted octanol–water partition coefficient (Wildman–Crippen LogP) is 9.79. The molecule has 0 amide bonds. The number of fused-ring (bicyclic) bond motifs is 10. The number of aromatic nitrogens is 2. The van der Waals surface area contributed by atoms with Gasteiger partial charge in [-0.1, -0.05) is 0 Å². The van der Waals surface area contributed by atoms with E-state index < -0.39 is 6.51 Å². The summed E-state index contributed by atoms with van der Waals surface area (Å²) in [4.78, 5) is 20.0. The average molecular weight is 623 g/mol. The molecule has 14 fully saturated rings. The van der Waals surface area contributed by atoms with Crippen LogP contribution in [0.4, 0.5) is 0 Å². The van der Waals surface area contributed by atoms with Crippen molar-refractivity contribution in [1.82, 2.24) is 9.97 Å². The molecule has 4 saturated carbocycles. The topological polar surface area (TPSA) is 25.8 Å². The van der Waals surface area contributed by atoms with Gasteiger partial charge in [0.05, 0.1) is 0 Å². The van der Waals surface area contributed by atoms with Gasteiger partial charge in [0.15, 0.2) is 0 Å². The van der Waals surface area contributed by atoms with Gasteiger partial charge in [-0.3, -0.25) is 0 Å². The van der Waals surface area contributed by atoms with Crippen molar-refractivity contribution in [2.75, 3.05) is 0 Å². The van der Waals surface area contributed by atoms with E-state index in [0.29, 0.717) is 14.9 Å². The number of pyridine rings is 2. The number of nitrogens with zero attached hydrogens (tertiary/aromatic N) is 2. The van der Waals surface area contributed by atoms with E-state index in [1.165, 1.54) is 58.2 Å². The SMILES string of the molecule is CC(C)(C)PC(C12CC3CC(CC(C3)C1)C2)[C]12[CH]3[CH]4[CH]5[C]1(C(P)(c1cccnc1)c1cccnc1)[Fe]43521678[CH]2[CH]1[CH]6[CH]7[CH]28. The van der Waals surface area contributed by atoms with Crippen molar-refractivity contribution in [2.24, 2.45) is 23.2 Å². The molecule has 10 saturated heterocycles. The van der Waals surface area contributed by atoms with Gasteiger partial charge < -0.3 is 0 Å². The second kappa shape index (κ2) is 3.32. The van der Waals surface area contributed by atoms with Gasteiger partial charge in [-0.05, 0) is 0 Å². The van der Waals surface area contributed by atoms with Crippen molar-refractivity contribution in [2.45, 2.75) is 122 Å². The fourth-order valence-electron chi connectivity index (χ4n) is 26.2. The maximum absolute atomic E-state index is 4.86. The van der Waals surface area contributed by atoms with Gasteiger partial charge in [0.2, 0.25) is 0 Å². The summed E-state index contributed by atoms with van der Waals surface area (Å²) in [5.74, 6) is 3.20. The molecule has 216 valence electrons. The molecule has 41 heavy (non-hydrogen) atoms. The maximum atomic E-state index is 4.86. The van der Waals surface area contributed by atoms with Crippen molar-refractivity contribution >= 4 is 17.8 Å². The van der Waals surface area contributed by atoms with Gasteiger partial charge in [-0.25, -0.2) is 0 Å². The van der Waals surface area contributed by atoms with Gasteiger partial charge in [0, 0.05) is 0 Å². The van der Waals surface area contributed by atoms with Crippen LogP contribution in [-0.2, 0) is 11.7 Å². The van der Waals surface area contributed by atoms with Crippen molar-refractivity contribution in [1.29, 1.82) is 0 Å². The summed E-state index contributed by atoms with van der Waals surface area (Å²) < 4.78 is 1.42. The van der Waals surface area contributed by atoms with E-state index >= 15 is 0 Å². The van der Waals surface area contributed by atoms with Crippen LogP contribution in [-0.4, -0.2) is 20.8 Å². The van der Waals surface area contributed by atoms with Gasteiger partial charge in [0.25, 0.3) is 0 Å². The van der Waals surface area contributed by atoms with Crippen LogP contribution in [0, 0.1) is 23.2 Å². The van der Waals surface area contributed by atoms with Crippen LogP contribution in [0.25, 0.3) is 0 Å². The number of hydrogen-bond acceptors (Lipinski definition) is 2. The van der Waals surface area contributed by atoms with Crippen LogP contribution in [0.5, 0.6) is 0 Å². The fourth-order valence-corrected chi connectivity index (χ4v) is 112. The van der Waals surface area contributed by atoms with Crippen molar-refractivity contribution in [3.8, 4) is 0 Å². The molecule has 8 atom stereocenters. The molecule has 10 aliphatic heterocycles. The molecule has 2 nitrogen and oxygen atoms in total. The third-order valence-corrected chi connectivity index (χ3v) is 70.6. The van der Waals surface area contributed by atoms with Crippen LogP contribution in [0.15, 0.2) is 49.1 Å². The van der Waals surface area contributed by atoms with E-state index in [9.17, 15) is 0 Å². The Morgan fingerprint density at radius 1 is 0.805 bits per heavy atom. The van der Waals surface area contributed by atoms with Crippen molar-refractivity contribution in [3.63, 3.8) is 0 Å². The van der Waals surface area contributed by atoms with Crippen LogP contribution >= 0.6 is 17.8 Å². The second-order valence-electron chi connectivity index (χ2n) is 21.2. The zero-order valence-electron chi connectivity index (χ0n) is 24.6. The molecule has 0 N–H and O–H groups in total. The fraction of sp³-hybridized carbons (Fsp3) is 0.722. The van der Waals surface area contributed by atoms with Crippen molar-refractivity contribution < 1.29 is 6.51 Å². The van der Waals surface area contributed by atoms with Gasteiger partial charge in [0.1, 0.15) is 0 Å². The third-order valence-electron chi connectivity index (χ3n) is 23.5. The van der Waals surface area contributed by atoms with E-state index in [1.54, 1.807) is 38.5 Å². The summed E-state index contributed by atoms with van der Waals surface area (Å²) in [5, 5.41) is 0.478. The first-order valence-electron chi connectivity index (χ1n) is 17.1. The molecule has 4 bridgehead atoms. The molecule has 16 rings (SSSR count). The molecule has 4 aliphatic carbocycles. The first kappa shape index (κ1) is 21.4. The molecular weight excluding hydrogens is 578 g/mol. The van der Waals surface area contributed by atoms with Crippen LogP contribution in [0.2, 0.25) is 47.2 Å². The Morgan fingerprint density at radius 3 is 1.71 bits per heavy atom. The summed E-state index contributed by atoms with van der Waals surface area (Å²) in [5.41, 5.74) is 4.80. The predicted molar refractivity (Wildman–Crippen MR) is 167 cm³/mol. The zero-order valence-corrected chi connectivity index (χ0v) is 27.9. The molecule has 5 heteroatoms. The molecular formula is C36H44FeN2P2. The van der Waals surface area contributed by atoms with Gasteiger partial charge in [-0.2, -0.15) is 0 Å². The Balaban J connectivity index is 1.09. The first-order chi connectivity index (χ1) is 19.5. The summed E-state index contributed by atoms with van der Waals surface area (Å²) in [6.07, 6.45) is 18.3. The van der Waals surface area contributed by atoms with Crippen molar-refractivity contribution in [3.05, 3.63) is 60.2 Å². The van der Waals surface area contributed by atoms with E-state index in [1.807, 2.05) is 12.4 Å². The average Bonchev–Trinajstić information content (AvgIpc) is 3.89. The normalized spacial score (nSPS) is 73.4. The van der Waals surface area contributed by atoms with E-state index in [2.05, 4.69) is 66.7 Å². The number of rotatable bonds is 6. The summed E-state index contributed by atoms with van der Waals surface area (Å²) in [6, 6.07) is 9.52. The number of hydrogen-bond donors (Lipinski definition) is 0. The first-order valence-corrected chi connectivity index (χ1v) is 24.9. The summed E-state index contributed by atoms with van der Waals surface area (Å²) in [6.45, 7) is 3.98. The quantitative estimate of drug-likeness (QED) is 0.237. The minimum atomic E-state index is -3.96. The van der Waals surface area contributed by atoms with Gasteiger partial charge >= 0.3 is 240 Å². The molecule has 0 aromatic carbocycles. The summed E-state index contributed by atoms with van der Waals surface area (Å²) in [7, 11) is 4.91. The van der Waals surface area contributed by atoms with Gasteiger partial charge in [-0.15, -0.1) is 0 Å². The molecule has 0 radical (unpaired) electrons. The van der Waals surface area contributed by atoms with E-state index in [0.717, 1.165) is 27.7 Å². The van der Waals surface area contributed by atoms with E-state index in [4.69, 9.17) is 9.97 Å². The van der Waals surface area contributed by atoms with E-state index in [-0.39, 0.29) is 5.16 Å². The second-order valence-corrected chi connectivity index (χ2v) is 47.7. The Morgan fingerprint density at radius 2 is 1.32 bits per heavy atom. The Bertz CT molecular complexity index is 1980. The molecule has 1 spiro atoms. The Kier molecular flexibility index (Phi) is 1.74. The summed E-state index contributed by atoms with van der Waals surface area (Å²) >= 11 is 0. The molecule has 14 aliphatic rings. The standard InChI is InChI=1S/C31H39N2P2.C5H5.Fe/c1-29(2,3)35-28(30-16-21-13-22(17-30)15-23(14-21)18-30)26-9-4-10-27(26)31(34,24-7-5-11-32-19-24)25-8-6-12-33-20-25;1-2-4-5-3-1;/h4-12,19-23,28,35H,13-18,34H2,1-3H3;1-5H;. The van der Waals surface area contributed by atoms with Crippen LogP contribution in [0.3, 0.4) is 0 Å².